The molecule has 0 saturated carbocycles. The summed E-state index contributed by atoms with van der Waals surface area (Å²) in [6, 6.07) is 18.6. The molecule has 12 nitrogen and oxygen atoms in total. The Morgan fingerprint density at radius 1 is 0.911 bits per heavy atom. The number of carbonyl (C=O) groups excluding carboxylic acids is 4. The summed E-state index contributed by atoms with van der Waals surface area (Å²) in [4.78, 5) is 70.1. The summed E-state index contributed by atoms with van der Waals surface area (Å²) in [7, 11) is 1.42. The van der Waals surface area contributed by atoms with Crippen molar-refractivity contribution in [2.75, 3.05) is 13.6 Å². The van der Waals surface area contributed by atoms with Gasteiger partial charge in [-0.25, -0.2) is 9.80 Å². The van der Waals surface area contributed by atoms with Crippen molar-refractivity contribution >= 4 is 29.7 Å². The molecule has 5 amide bonds. The molecule has 1 aliphatic rings. The van der Waals surface area contributed by atoms with Gasteiger partial charge in [-0.2, -0.15) is 0 Å². The number of rotatable bonds is 12. The molecule has 3 aromatic rings. The van der Waals surface area contributed by atoms with Crippen LogP contribution in [0.1, 0.15) is 36.0 Å². The molecule has 2 heterocycles. The highest BCUT2D eigenvalue weighted by atomic mass is 16.4. The maximum Gasteiger partial charge on any atom is 0.339 e. The van der Waals surface area contributed by atoms with Crippen LogP contribution in [-0.2, 0) is 38.4 Å². The molecule has 12 heteroatoms. The Morgan fingerprint density at radius 3 is 2.22 bits per heavy atom. The van der Waals surface area contributed by atoms with Crippen molar-refractivity contribution in [2.24, 2.45) is 0 Å². The topological polar surface area (TPSA) is 161 Å². The minimum atomic E-state index is -1.07. The van der Waals surface area contributed by atoms with Crippen LogP contribution in [0.25, 0.3) is 0 Å². The van der Waals surface area contributed by atoms with Crippen molar-refractivity contribution in [3.63, 3.8) is 0 Å². The van der Waals surface area contributed by atoms with Crippen LogP contribution < -0.4 is 16.1 Å². The van der Waals surface area contributed by atoms with E-state index in [9.17, 15) is 29.1 Å². The molecule has 0 spiro atoms. The molecule has 3 atom stereocenters. The van der Waals surface area contributed by atoms with E-state index < -0.39 is 41.9 Å². The second-order valence-electron chi connectivity index (χ2n) is 11.0. The number of pyridine rings is 1. The fraction of sp³-hybridized carbons (Fsp3) is 0.333. The molecule has 0 unspecified atom stereocenters. The quantitative estimate of drug-likeness (QED) is 0.227. The van der Waals surface area contributed by atoms with E-state index in [4.69, 9.17) is 0 Å². The zero-order chi connectivity index (χ0) is 32.2. The Kier molecular flexibility index (Phi) is 11.6. The number of urea groups is 1. The average molecular weight is 615 g/mol. The number of likely N-dealkylation sites (tertiary alicyclic amines) is 1. The van der Waals surface area contributed by atoms with E-state index in [2.05, 4.69) is 21.0 Å². The van der Waals surface area contributed by atoms with Gasteiger partial charge < -0.3 is 20.6 Å². The van der Waals surface area contributed by atoms with Crippen LogP contribution in [0.4, 0.5) is 4.79 Å². The Morgan fingerprint density at radius 2 is 1.58 bits per heavy atom. The van der Waals surface area contributed by atoms with Crippen LogP contribution in [0.15, 0.2) is 85.2 Å². The molecule has 4 rings (SSSR count). The van der Waals surface area contributed by atoms with Crippen molar-refractivity contribution in [3.8, 4) is 0 Å². The lowest BCUT2D eigenvalue weighted by Gasteiger charge is -2.30. The first-order chi connectivity index (χ1) is 21.7. The number of aliphatic carboxylic acids is 1. The van der Waals surface area contributed by atoms with E-state index >= 15 is 0 Å². The molecule has 1 aromatic heterocycles. The number of benzene rings is 2. The summed E-state index contributed by atoms with van der Waals surface area (Å²) in [6.45, 7) is 0.299. The first-order valence-corrected chi connectivity index (χ1v) is 14.8. The lowest BCUT2D eigenvalue weighted by molar-refractivity contribution is -0.138. The maximum absolute atomic E-state index is 13.6. The molecule has 0 aliphatic carbocycles. The van der Waals surface area contributed by atoms with Gasteiger partial charge >= 0.3 is 12.0 Å². The SMILES string of the molecule is CN(NC(=O)Cc1ccccc1)C(=O)N1CCC[C@H]1C(=O)N[C@@H](Cc1cccnc1)C(=O)N[C@H](CC(=O)O)Cc1ccccc1. The van der Waals surface area contributed by atoms with Gasteiger partial charge in [-0.3, -0.25) is 29.6 Å². The van der Waals surface area contributed by atoms with E-state index in [0.717, 1.165) is 16.1 Å². The summed E-state index contributed by atoms with van der Waals surface area (Å²) in [5.41, 5.74) is 4.91. The number of hydrazine groups is 1. The molecule has 0 radical (unpaired) electrons. The largest absolute Gasteiger partial charge is 0.481 e. The van der Waals surface area contributed by atoms with Crippen molar-refractivity contribution in [2.45, 2.75) is 56.7 Å². The number of amides is 5. The van der Waals surface area contributed by atoms with E-state index in [1.807, 2.05) is 60.7 Å². The second kappa shape index (κ2) is 16.0. The van der Waals surface area contributed by atoms with Gasteiger partial charge in [-0.1, -0.05) is 66.7 Å². The molecule has 1 saturated heterocycles. The number of carboxylic acid groups (broad SMARTS) is 1. The predicted octanol–water partition coefficient (Wildman–Crippen LogP) is 2.10. The zero-order valence-corrected chi connectivity index (χ0v) is 25.1. The van der Waals surface area contributed by atoms with Gasteiger partial charge in [0.2, 0.25) is 17.7 Å². The smallest absolute Gasteiger partial charge is 0.339 e. The van der Waals surface area contributed by atoms with Crippen LogP contribution in [0.5, 0.6) is 0 Å². The number of hydrogen-bond donors (Lipinski definition) is 4. The Hall–Kier alpha value is -5.26. The normalized spacial score (nSPS) is 15.4. The van der Waals surface area contributed by atoms with E-state index in [1.54, 1.807) is 24.5 Å². The lowest BCUT2D eigenvalue weighted by Crippen LogP contribution is -2.57. The van der Waals surface area contributed by atoms with Gasteiger partial charge in [0.25, 0.3) is 0 Å². The number of hydrogen-bond acceptors (Lipinski definition) is 6. The minimum absolute atomic E-state index is 0.0840. The van der Waals surface area contributed by atoms with Crippen LogP contribution in [0.3, 0.4) is 0 Å². The van der Waals surface area contributed by atoms with Gasteiger partial charge in [-0.15, -0.1) is 0 Å². The number of carbonyl (C=O) groups is 5. The van der Waals surface area contributed by atoms with Crippen LogP contribution in [-0.4, -0.2) is 81.4 Å². The van der Waals surface area contributed by atoms with E-state index in [-0.39, 0.29) is 25.2 Å². The number of nitrogens with one attached hydrogen (secondary N) is 3. The summed E-state index contributed by atoms with van der Waals surface area (Å²) in [5.74, 6) is -2.51. The highest BCUT2D eigenvalue weighted by molar-refractivity contribution is 5.93. The third-order valence-electron chi connectivity index (χ3n) is 7.48. The third kappa shape index (κ3) is 9.88. The first kappa shape index (κ1) is 32.6. The van der Waals surface area contributed by atoms with Gasteiger partial charge in [0.05, 0.1) is 12.8 Å². The second-order valence-corrected chi connectivity index (χ2v) is 11.0. The Bertz CT molecular complexity index is 1460. The number of carboxylic acids is 1. The molecular formula is C33H38N6O6. The molecule has 236 valence electrons. The fourth-order valence-electron chi connectivity index (χ4n) is 5.33. The lowest BCUT2D eigenvalue weighted by atomic mass is 10.0. The summed E-state index contributed by atoms with van der Waals surface area (Å²) < 4.78 is 0. The highest BCUT2D eigenvalue weighted by Crippen LogP contribution is 2.19. The van der Waals surface area contributed by atoms with Crippen molar-refractivity contribution in [1.29, 1.82) is 0 Å². The van der Waals surface area contributed by atoms with Gasteiger partial charge in [-0.05, 0) is 42.0 Å². The van der Waals surface area contributed by atoms with Gasteiger partial charge in [0.1, 0.15) is 12.1 Å². The van der Waals surface area contributed by atoms with Crippen LogP contribution >= 0.6 is 0 Å². The molecule has 2 aromatic carbocycles. The van der Waals surface area contributed by atoms with Crippen molar-refractivity contribution in [1.82, 2.24) is 31.0 Å². The first-order valence-electron chi connectivity index (χ1n) is 14.8. The Balaban J connectivity index is 1.44. The zero-order valence-electron chi connectivity index (χ0n) is 25.1. The number of nitrogens with zero attached hydrogens (tertiary/aromatic N) is 3. The van der Waals surface area contributed by atoms with E-state index in [0.29, 0.717) is 31.4 Å². The monoisotopic (exact) mass is 614 g/mol. The Labute approximate surface area is 261 Å². The van der Waals surface area contributed by atoms with Crippen molar-refractivity contribution in [3.05, 3.63) is 102 Å². The molecule has 1 aliphatic heterocycles. The standard InChI is InChI=1S/C33H38N6O6/c1-38(37-29(40)20-24-12-6-3-7-13-24)33(45)39-17-9-15-28(39)32(44)36-27(19-25-14-8-16-34-22-25)31(43)35-26(21-30(41)42)18-23-10-4-2-5-11-23/h2-8,10-14,16,22,26-28H,9,15,17-21H2,1H3,(H,35,43)(H,36,44)(H,37,40)(H,41,42)/t26-,27-,28-/m0/s1. The summed E-state index contributed by atoms with van der Waals surface area (Å²) in [6.07, 6.45) is 4.29. The molecule has 1 fully saturated rings. The highest BCUT2D eigenvalue weighted by Gasteiger charge is 2.38. The van der Waals surface area contributed by atoms with E-state index in [1.165, 1.54) is 11.9 Å². The summed E-state index contributed by atoms with van der Waals surface area (Å²) >= 11 is 0. The predicted molar refractivity (Wildman–Crippen MR) is 165 cm³/mol. The van der Waals surface area contributed by atoms with Crippen molar-refractivity contribution < 1.29 is 29.1 Å². The number of aromatic nitrogens is 1. The maximum atomic E-state index is 13.6. The molecule has 0 bridgehead atoms. The summed E-state index contributed by atoms with van der Waals surface area (Å²) in [5, 5.41) is 16.2. The third-order valence-corrected chi connectivity index (χ3v) is 7.48. The average Bonchev–Trinajstić information content (AvgIpc) is 3.52. The van der Waals surface area contributed by atoms with Crippen LogP contribution in [0, 0.1) is 0 Å². The van der Waals surface area contributed by atoms with Crippen LogP contribution in [0.2, 0.25) is 0 Å². The molecule has 45 heavy (non-hydrogen) atoms. The molecule has 4 N–H and O–H groups in total. The fourth-order valence-corrected chi connectivity index (χ4v) is 5.33. The minimum Gasteiger partial charge on any atom is -0.481 e. The van der Waals surface area contributed by atoms with Gasteiger partial charge in [0, 0.05) is 38.4 Å². The van der Waals surface area contributed by atoms with Gasteiger partial charge in [0.15, 0.2) is 0 Å². The molecular weight excluding hydrogens is 576 g/mol.